The Kier molecular flexibility index (Phi) is 4.07. The van der Waals surface area contributed by atoms with E-state index in [1.54, 1.807) is 19.3 Å². The molecule has 0 bridgehead atoms. The first-order chi connectivity index (χ1) is 6.74. The lowest BCUT2D eigenvalue weighted by molar-refractivity contribution is -0.130. The molecule has 1 aromatic heterocycles. The normalized spacial score (nSPS) is 12.1. The van der Waals surface area contributed by atoms with E-state index >= 15 is 0 Å². The lowest BCUT2D eigenvalue weighted by Gasteiger charge is -2.09. The average molecular weight is 194 g/mol. The second-order valence-corrected chi connectivity index (χ2v) is 2.95. The number of hydrogen-bond acceptors (Lipinski definition) is 3. The fourth-order valence-corrected chi connectivity index (χ4v) is 0.941. The molecule has 0 fully saturated rings. The lowest BCUT2D eigenvalue weighted by atomic mass is 10.2. The standard InChI is InChI=1S/C10H14N2O2/c1-8(14-2)10(13)12-7-9-3-5-11-6-4-9/h3-6,8H,7H2,1-2H3,(H,12,13). The first-order valence-corrected chi connectivity index (χ1v) is 4.43. The number of methoxy groups -OCH3 is 1. The van der Waals surface area contributed by atoms with Gasteiger partial charge in [0.1, 0.15) is 6.10 Å². The molecule has 1 unspecified atom stereocenters. The highest BCUT2D eigenvalue weighted by Gasteiger charge is 2.09. The van der Waals surface area contributed by atoms with Crippen LogP contribution in [-0.2, 0) is 16.1 Å². The Hall–Kier alpha value is -1.42. The third-order valence-electron chi connectivity index (χ3n) is 1.94. The Morgan fingerprint density at radius 3 is 2.79 bits per heavy atom. The summed E-state index contributed by atoms with van der Waals surface area (Å²) in [5.74, 6) is -0.107. The molecule has 1 amide bonds. The van der Waals surface area contributed by atoms with E-state index in [1.807, 2.05) is 12.1 Å². The van der Waals surface area contributed by atoms with Crippen LogP contribution in [0.5, 0.6) is 0 Å². The van der Waals surface area contributed by atoms with E-state index < -0.39 is 6.10 Å². The number of aromatic nitrogens is 1. The zero-order valence-corrected chi connectivity index (χ0v) is 8.36. The number of rotatable bonds is 4. The summed E-state index contributed by atoms with van der Waals surface area (Å²) in [5, 5.41) is 2.76. The van der Waals surface area contributed by atoms with Crippen molar-refractivity contribution in [1.82, 2.24) is 10.3 Å². The molecule has 0 saturated carbocycles. The van der Waals surface area contributed by atoms with Crippen molar-refractivity contribution < 1.29 is 9.53 Å². The lowest BCUT2D eigenvalue weighted by Crippen LogP contribution is -2.33. The zero-order chi connectivity index (χ0) is 10.4. The zero-order valence-electron chi connectivity index (χ0n) is 8.36. The SMILES string of the molecule is COC(C)C(=O)NCc1ccncc1. The van der Waals surface area contributed by atoms with Crippen LogP contribution in [0.15, 0.2) is 24.5 Å². The third-order valence-corrected chi connectivity index (χ3v) is 1.94. The number of nitrogens with zero attached hydrogens (tertiary/aromatic N) is 1. The van der Waals surface area contributed by atoms with Crippen molar-refractivity contribution in [2.45, 2.75) is 19.6 Å². The van der Waals surface area contributed by atoms with Gasteiger partial charge in [0.05, 0.1) is 0 Å². The van der Waals surface area contributed by atoms with Crippen LogP contribution in [-0.4, -0.2) is 24.1 Å². The highest BCUT2D eigenvalue weighted by Crippen LogP contribution is 1.96. The molecule has 4 nitrogen and oxygen atoms in total. The van der Waals surface area contributed by atoms with Crippen LogP contribution in [0.2, 0.25) is 0 Å². The largest absolute Gasteiger partial charge is 0.372 e. The van der Waals surface area contributed by atoms with Gasteiger partial charge in [-0.2, -0.15) is 0 Å². The average Bonchev–Trinajstić information content (AvgIpc) is 2.26. The van der Waals surface area contributed by atoms with Crippen molar-refractivity contribution in [3.05, 3.63) is 30.1 Å². The number of amides is 1. The molecule has 1 heterocycles. The fourth-order valence-electron chi connectivity index (χ4n) is 0.941. The molecule has 0 aliphatic rings. The van der Waals surface area contributed by atoms with E-state index in [1.165, 1.54) is 7.11 Å². The third kappa shape index (κ3) is 3.14. The number of nitrogens with one attached hydrogen (secondary N) is 1. The molecule has 0 aromatic carbocycles. The topological polar surface area (TPSA) is 51.2 Å². The molecule has 0 saturated heterocycles. The van der Waals surface area contributed by atoms with E-state index in [2.05, 4.69) is 10.3 Å². The molecular weight excluding hydrogens is 180 g/mol. The van der Waals surface area contributed by atoms with Gasteiger partial charge in [-0.05, 0) is 24.6 Å². The van der Waals surface area contributed by atoms with E-state index in [0.29, 0.717) is 6.54 Å². The van der Waals surface area contributed by atoms with Crippen LogP contribution in [0.25, 0.3) is 0 Å². The molecule has 1 N–H and O–H groups in total. The van der Waals surface area contributed by atoms with Crippen LogP contribution in [0.3, 0.4) is 0 Å². The van der Waals surface area contributed by atoms with Crippen molar-refractivity contribution in [2.75, 3.05) is 7.11 Å². The first kappa shape index (κ1) is 10.7. The Morgan fingerprint density at radius 2 is 2.21 bits per heavy atom. The van der Waals surface area contributed by atoms with Crippen LogP contribution >= 0.6 is 0 Å². The fraction of sp³-hybridized carbons (Fsp3) is 0.400. The molecule has 0 radical (unpaired) electrons. The molecule has 1 aromatic rings. The van der Waals surface area contributed by atoms with Crippen LogP contribution in [0, 0.1) is 0 Å². The number of pyridine rings is 1. The monoisotopic (exact) mass is 194 g/mol. The molecule has 4 heteroatoms. The summed E-state index contributed by atoms with van der Waals surface area (Å²) in [6.45, 7) is 2.22. The predicted octanol–water partition coefficient (Wildman–Crippen LogP) is 0.733. The van der Waals surface area contributed by atoms with Crippen LogP contribution in [0.4, 0.5) is 0 Å². The number of hydrogen-bond donors (Lipinski definition) is 1. The molecule has 14 heavy (non-hydrogen) atoms. The van der Waals surface area contributed by atoms with Gasteiger partial charge < -0.3 is 10.1 Å². The van der Waals surface area contributed by atoms with E-state index in [-0.39, 0.29) is 5.91 Å². The Morgan fingerprint density at radius 1 is 1.57 bits per heavy atom. The van der Waals surface area contributed by atoms with Gasteiger partial charge in [0.15, 0.2) is 0 Å². The van der Waals surface area contributed by atoms with Crippen LogP contribution < -0.4 is 5.32 Å². The summed E-state index contributed by atoms with van der Waals surface area (Å²) >= 11 is 0. The summed E-state index contributed by atoms with van der Waals surface area (Å²) in [4.78, 5) is 15.2. The summed E-state index contributed by atoms with van der Waals surface area (Å²) < 4.78 is 4.88. The maximum atomic E-state index is 11.3. The minimum atomic E-state index is -0.406. The number of carbonyl (C=O) groups is 1. The summed E-state index contributed by atoms with van der Waals surface area (Å²) in [7, 11) is 1.51. The Bertz CT molecular complexity index is 287. The molecule has 1 rings (SSSR count). The van der Waals surface area contributed by atoms with Gasteiger partial charge in [0.2, 0.25) is 5.91 Å². The van der Waals surface area contributed by atoms with E-state index in [4.69, 9.17) is 4.74 Å². The molecule has 0 spiro atoms. The van der Waals surface area contributed by atoms with E-state index in [0.717, 1.165) is 5.56 Å². The van der Waals surface area contributed by atoms with Crippen LogP contribution in [0.1, 0.15) is 12.5 Å². The maximum absolute atomic E-state index is 11.3. The maximum Gasteiger partial charge on any atom is 0.249 e. The van der Waals surface area contributed by atoms with Crippen molar-refractivity contribution in [3.63, 3.8) is 0 Å². The second-order valence-electron chi connectivity index (χ2n) is 2.95. The summed E-state index contributed by atoms with van der Waals surface area (Å²) in [6.07, 6.45) is 2.99. The summed E-state index contributed by atoms with van der Waals surface area (Å²) in [5.41, 5.74) is 1.02. The van der Waals surface area contributed by atoms with Gasteiger partial charge in [0, 0.05) is 26.0 Å². The Labute approximate surface area is 83.3 Å². The molecule has 1 atom stereocenters. The van der Waals surface area contributed by atoms with Crippen molar-refractivity contribution in [1.29, 1.82) is 0 Å². The minimum absolute atomic E-state index is 0.107. The number of carbonyl (C=O) groups excluding carboxylic acids is 1. The summed E-state index contributed by atoms with van der Waals surface area (Å²) in [6, 6.07) is 3.72. The molecular formula is C10H14N2O2. The van der Waals surface area contributed by atoms with Gasteiger partial charge in [-0.25, -0.2) is 0 Å². The van der Waals surface area contributed by atoms with E-state index in [9.17, 15) is 4.79 Å². The van der Waals surface area contributed by atoms with Gasteiger partial charge in [-0.15, -0.1) is 0 Å². The van der Waals surface area contributed by atoms with Crippen molar-refractivity contribution >= 4 is 5.91 Å². The molecule has 76 valence electrons. The number of ether oxygens (including phenoxy) is 1. The molecule has 0 aliphatic carbocycles. The highest BCUT2D eigenvalue weighted by atomic mass is 16.5. The van der Waals surface area contributed by atoms with Crippen molar-refractivity contribution in [3.8, 4) is 0 Å². The minimum Gasteiger partial charge on any atom is -0.372 e. The highest BCUT2D eigenvalue weighted by molar-refractivity contribution is 5.80. The quantitative estimate of drug-likeness (QED) is 0.768. The second kappa shape index (κ2) is 5.34. The molecule has 0 aliphatic heterocycles. The van der Waals surface area contributed by atoms with Crippen molar-refractivity contribution in [2.24, 2.45) is 0 Å². The van der Waals surface area contributed by atoms with Gasteiger partial charge in [-0.1, -0.05) is 0 Å². The predicted molar refractivity (Wildman–Crippen MR) is 52.6 cm³/mol. The van der Waals surface area contributed by atoms with Gasteiger partial charge in [-0.3, -0.25) is 9.78 Å². The van der Waals surface area contributed by atoms with Gasteiger partial charge in [0.25, 0.3) is 0 Å². The smallest absolute Gasteiger partial charge is 0.249 e. The first-order valence-electron chi connectivity index (χ1n) is 4.43. The van der Waals surface area contributed by atoms with Gasteiger partial charge >= 0.3 is 0 Å². The Balaban J connectivity index is 2.38.